The van der Waals surface area contributed by atoms with E-state index in [1.54, 1.807) is 0 Å². The van der Waals surface area contributed by atoms with Crippen molar-refractivity contribution in [3.05, 3.63) is 0 Å². The van der Waals surface area contributed by atoms with Crippen LogP contribution < -0.4 is 0 Å². The Balaban J connectivity index is 3.27. The monoisotopic (exact) mass is 340 g/mol. The molecule has 0 spiro atoms. The van der Waals surface area contributed by atoms with Crippen molar-refractivity contribution in [3.8, 4) is 0 Å². The zero-order chi connectivity index (χ0) is 13.0. The Hall–Kier alpha value is 0.830. The van der Waals surface area contributed by atoms with Crippen LogP contribution in [0.2, 0.25) is 0 Å². The quantitative estimate of drug-likeness (QED) is 0.542. The molecule has 16 heavy (non-hydrogen) atoms. The van der Waals surface area contributed by atoms with Crippen molar-refractivity contribution >= 4 is 63.2 Å². The minimum absolute atomic E-state index is 2.06. The summed E-state index contributed by atoms with van der Waals surface area (Å²) in [6.45, 7) is 0. The Morgan fingerprint density at radius 2 is 1.31 bits per heavy atom. The van der Waals surface area contributed by atoms with E-state index in [1.807, 2.05) is 0 Å². The molecule has 0 atom stereocenters. The zero-order valence-electron chi connectivity index (χ0n) is 6.75. The van der Waals surface area contributed by atoms with Crippen LogP contribution in [0.1, 0.15) is 0 Å². The van der Waals surface area contributed by atoms with Crippen molar-refractivity contribution < 1.29 is 27.4 Å². The van der Waals surface area contributed by atoms with Crippen LogP contribution in [0.3, 0.4) is 0 Å². The normalized spacial score (nSPS) is 26.8. The Morgan fingerprint density at radius 3 is 1.44 bits per heavy atom. The van der Waals surface area contributed by atoms with Gasteiger partial charge in [-0.05, 0) is 11.6 Å². The lowest BCUT2D eigenvalue weighted by Crippen LogP contribution is -2.52. The molecule has 1 rings (SSSR count). The molecule has 0 unspecified atom stereocenters. The maximum atomic E-state index is 12.6. The number of hydrogen-bond donors (Lipinski definition) is 0. The van der Waals surface area contributed by atoms with Crippen LogP contribution in [0, 0.1) is 0 Å². The lowest BCUT2D eigenvalue weighted by atomic mass is 10.3. The van der Waals surface area contributed by atoms with Crippen LogP contribution in [0.5, 0.6) is 0 Å². The summed E-state index contributed by atoms with van der Waals surface area (Å²) in [5, 5.41) is -2.06. The van der Waals surface area contributed by atoms with Crippen molar-refractivity contribution in [3.63, 3.8) is 0 Å². The molecule has 0 aromatic rings. The fourth-order valence-corrected chi connectivity index (χ4v) is 1.58. The number of ether oxygens (including phenoxy) is 2. The summed E-state index contributed by atoms with van der Waals surface area (Å²) in [6, 6.07) is 0. The van der Waals surface area contributed by atoms with Crippen LogP contribution in [-0.2, 0) is 14.3 Å². The maximum Gasteiger partial charge on any atom is 0.453 e. The highest BCUT2D eigenvalue weighted by Gasteiger charge is 2.77. The van der Waals surface area contributed by atoms with Gasteiger partial charge in [0.2, 0.25) is 0 Å². The van der Waals surface area contributed by atoms with Crippen LogP contribution >= 0.6 is 58.0 Å². The fourth-order valence-electron chi connectivity index (χ4n) is 0.808. The Bertz CT molecular complexity index is 312. The van der Waals surface area contributed by atoms with E-state index in [0.29, 0.717) is 0 Å². The summed E-state index contributed by atoms with van der Waals surface area (Å²) in [6.07, 6.45) is -5.35. The number of carbonyl (C=O) groups excluding carboxylic acids is 1. The molecular weight excluding hydrogens is 342 g/mol. The number of rotatable bonds is 1. The molecule has 0 aromatic carbocycles. The van der Waals surface area contributed by atoms with Gasteiger partial charge in [0, 0.05) is 0 Å². The van der Waals surface area contributed by atoms with Crippen molar-refractivity contribution in [1.29, 1.82) is 0 Å². The van der Waals surface area contributed by atoms with Crippen LogP contribution in [-0.4, -0.2) is 26.2 Å². The van der Waals surface area contributed by atoms with E-state index in [1.165, 1.54) is 0 Å². The molecule has 94 valence electrons. The van der Waals surface area contributed by atoms with Gasteiger partial charge in [0.25, 0.3) is 14.3 Å². The smallest absolute Gasteiger partial charge is 0.294 e. The first-order valence-electron chi connectivity index (χ1n) is 3.28. The molecule has 0 amide bonds. The molecule has 0 saturated carbocycles. The van der Waals surface area contributed by atoms with Gasteiger partial charge in [0.15, 0.2) is 0 Å². The predicted molar refractivity (Wildman–Crippen MR) is 50.7 cm³/mol. The summed E-state index contributed by atoms with van der Waals surface area (Å²) in [7, 11) is 0. The molecule has 1 aliphatic heterocycles. The average molecular weight is 342 g/mol. The van der Waals surface area contributed by atoms with E-state index in [2.05, 4.69) is 9.47 Å². The highest BCUT2D eigenvalue weighted by atomic mass is 35.5. The van der Waals surface area contributed by atoms with Gasteiger partial charge in [-0.1, -0.05) is 46.4 Å². The molecule has 0 radical (unpaired) electrons. The average Bonchev–Trinajstić information content (AvgIpc) is 2.17. The molecule has 3 nitrogen and oxygen atoms in total. The first kappa shape index (κ1) is 14.9. The predicted octanol–water partition coefficient (Wildman–Crippen LogP) is 3.32. The zero-order valence-corrected chi connectivity index (χ0v) is 10.5. The number of halogens is 8. The van der Waals surface area contributed by atoms with E-state index in [-0.39, 0.29) is 0 Å². The second-order valence-corrected chi connectivity index (χ2v) is 5.49. The van der Waals surface area contributed by atoms with Gasteiger partial charge in [0.05, 0.1) is 0 Å². The molecule has 1 saturated heterocycles. The molecule has 1 heterocycles. The molecule has 0 aliphatic carbocycles. The van der Waals surface area contributed by atoms with Gasteiger partial charge in [0.1, 0.15) is 0 Å². The van der Waals surface area contributed by atoms with Gasteiger partial charge in [-0.15, -0.1) is 0 Å². The highest BCUT2D eigenvalue weighted by Crippen LogP contribution is 2.58. The molecule has 0 N–H and O–H groups in total. The van der Waals surface area contributed by atoms with Gasteiger partial charge in [-0.3, -0.25) is 14.3 Å². The van der Waals surface area contributed by atoms with Crippen LogP contribution in [0.4, 0.5) is 13.2 Å². The van der Waals surface area contributed by atoms with Crippen molar-refractivity contribution in [2.24, 2.45) is 0 Å². The molecule has 0 bridgehead atoms. The van der Waals surface area contributed by atoms with Gasteiger partial charge >= 0.3 is 12.0 Å². The second-order valence-electron chi connectivity index (χ2n) is 2.63. The Morgan fingerprint density at radius 1 is 1.00 bits per heavy atom. The highest BCUT2D eigenvalue weighted by molar-refractivity contribution is 6.66. The van der Waals surface area contributed by atoms with Crippen LogP contribution in [0.15, 0.2) is 0 Å². The van der Waals surface area contributed by atoms with Gasteiger partial charge in [-0.25, -0.2) is 0 Å². The van der Waals surface area contributed by atoms with E-state index >= 15 is 0 Å². The second kappa shape index (κ2) is 3.91. The summed E-state index contributed by atoms with van der Waals surface area (Å²) in [5.41, 5.74) is 0. The maximum absolute atomic E-state index is 12.6. The first-order chi connectivity index (χ1) is 6.86. The minimum Gasteiger partial charge on any atom is -0.294 e. The summed E-state index contributed by atoms with van der Waals surface area (Å²) < 4.78 is 40.1. The van der Waals surface area contributed by atoms with E-state index < -0.39 is 26.2 Å². The third kappa shape index (κ3) is 2.09. The minimum atomic E-state index is -5.35. The van der Waals surface area contributed by atoms with E-state index in [0.717, 1.165) is 0 Å². The Kier molecular flexibility index (Phi) is 3.64. The molecule has 0 aromatic heterocycles. The topological polar surface area (TPSA) is 35.5 Å². The lowest BCUT2D eigenvalue weighted by Gasteiger charge is -2.25. The van der Waals surface area contributed by atoms with Crippen molar-refractivity contribution in [2.45, 2.75) is 21.0 Å². The molecule has 11 heteroatoms. The van der Waals surface area contributed by atoms with Crippen LogP contribution in [0.25, 0.3) is 0 Å². The first-order valence-corrected chi connectivity index (χ1v) is 5.17. The largest absolute Gasteiger partial charge is 0.453 e. The number of hydrogen-bond acceptors (Lipinski definition) is 3. The Labute approximate surface area is 112 Å². The SMILES string of the molecule is O=C(Cl)C1(C(F)(F)F)OC(Cl)(Cl)C(Cl)(Cl)O1. The summed E-state index contributed by atoms with van der Waals surface area (Å²) in [5.74, 6) is -3.90. The number of alkyl halides is 7. The standard InChI is InChI=1S/C5Cl5F3O3/c6-1(14)2(5(11,12)13)15-3(7,8)4(9,10)16-2. The third-order valence-electron chi connectivity index (χ3n) is 1.51. The van der Waals surface area contributed by atoms with Gasteiger partial charge < -0.3 is 0 Å². The van der Waals surface area contributed by atoms with Crippen molar-refractivity contribution in [1.82, 2.24) is 0 Å². The van der Waals surface area contributed by atoms with Crippen molar-refractivity contribution in [2.75, 3.05) is 0 Å². The molecular formula is C5Cl5F3O3. The summed E-state index contributed by atoms with van der Waals surface area (Å²) in [4.78, 5) is 10.8. The number of carbonyl (C=O) groups is 1. The molecule has 1 aliphatic rings. The summed E-state index contributed by atoms with van der Waals surface area (Å²) >= 11 is 25.7. The fraction of sp³-hybridized carbons (Fsp3) is 0.800. The third-order valence-corrected chi connectivity index (χ3v) is 3.52. The molecule has 1 fully saturated rings. The van der Waals surface area contributed by atoms with Gasteiger partial charge in [-0.2, -0.15) is 13.2 Å². The van der Waals surface area contributed by atoms with E-state index in [4.69, 9.17) is 58.0 Å². The lowest BCUT2D eigenvalue weighted by molar-refractivity contribution is -0.325. The van der Waals surface area contributed by atoms with E-state index in [9.17, 15) is 18.0 Å².